The summed E-state index contributed by atoms with van der Waals surface area (Å²) >= 11 is 0. The molecule has 1 aromatic rings. The summed E-state index contributed by atoms with van der Waals surface area (Å²) in [5.41, 5.74) is 5.95. The van der Waals surface area contributed by atoms with Crippen LogP contribution < -0.4 is 11.4 Å². The van der Waals surface area contributed by atoms with Crippen LogP contribution in [-0.4, -0.2) is 51.7 Å². The first-order valence-electron chi connectivity index (χ1n) is 8.24. The quantitative estimate of drug-likeness (QED) is 0.562. The lowest BCUT2D eigenvalue weighted by molar-refractivity contribution is -0.140. The van der Waals surface area contributed by atoms with Crippen LogP contribution >= 0.6 is 0 Å². The van der Waals surface area contributed by atoms with Gasteiger partial charge in [-0.2, -0.15) is 4.98 Å². The van der Waals surface area contributed by atoms with Crippen molar-refractivity contribution in [1.82, 2.24) is 9.55 Å². The van der Waals surface area contributed by atoms with Crippen LogP contribution in [0.25, 0.3) is 0 Å². The predicted molar refractivity (Wildman–Crippen MR) is 88.6 cm³/mol. The molecule has 0 saturated carbocycles. The van der Waals surface area contributed by atoms with E-state index in [9.17, 15) is 14.7 Å². The Kier molecular flexibility index (Phi) is 6.51. The van der Waals surface area contributed by atoms with Crippen molar-refractivity contribution < 1.29 is 24.5 Å². The van der Waals surface area contributed by atoms with Gasteiger partial charge >= 0.3 is 11.7 Å². The maximum Gasteiger partial charge on any atom is 0.351 e. The highest BCUT2D eigenvalue weighted by Gasteiger charge is 2.35. The highest BCUT2D eigenvalue weighted by molar-refractivity contribution is 5.69. The lowest BCUT2D eigenvalue weighted by atomic mass is 9.97. The first-order chi connectivity index (χ1) is 11.8. The number of anilines is 1. The van der Waals surface area contributed by atoms with Crippen molar-refractivity contribution in [3.05, 3.63) is 22.2 Å². The van der Waals surface area contributed by atoms with Gasteiger partial charge in [-0.05, 0) is 18.8 Å². The zero-order chi connectivity index (χ0) is 18.6. The van der Waals surface area contributed by atoms with Gasteiger partial charge in [-0.3, -0.25) is 9.36 Å². The molecule has 25 heavy (non-hydrogen) atoms. The molecule has 9 nitrogen and oxygen atoms in total. The fourth-order valence-electron chi connectivity index (χ4n) is 2.88. The molecule has 9 heteroatoms. The standard InChI is InChI=1S/C16H25N3O6/c1-9(3-4-14(22)24-2)5-10-7-19(16(23)18-15(10)17)13-6-11(21)12(8-20)25-13/h7,9,11-13,20-21H,3-6,8H2,1-2H3,(H2,17,18,23)/t9?,11-,12+,13+/m0/s1. The number of esters is 1. The van der Waals surface area contributed by atoms with Crippen molar-refractivity contribution in [2.75, 3.05) is 19.5 Å². The second-order valence-electron chi connectivity index (χ2n) is 6.38. The molecule has 0 bridgehead atoms. The Morgan fingerprint density at radius 2 is 2.32 bits per heavy atom. The second kappa shape index (κ2) is 8.41. The second-order valence-corrected chi connectivity index (χ2v) is 6.38. The molecule has 1 unspecified atom stereocenters. The molecule has 2 rings (SSSR count). The molecule has 0 amide bonds. The highest BCUT2D eigenvalue weighted by Crippen LogP contribution is 2.28. The summed E-state index contributed by atoms with van der Waals surface area (Å²) in [6.07, 6.45) is 0.965. The van der Waals surface area contributed by atoms with Crippen LogP contribution in [0.5, 0.6) is 0 Å². The fourth-order valence-corrected chi connectivity index (χ4v) is 2.88. The summed E-state index contributed by atoms with van der Waals surface area (Å²) in [7, 11) is 1.35. The van der Waals surface area contributed by atoms with Crippen molar-refractivity contribution in [2.45, 2.75) is 51.0 Å². The smallest absolute Gasteiger partial charge is 0.351 e. The zero-order valence-electron chi connectivity index (χ0n) is 14.4. The summed E-state index contributed by atoms with van der Waals surface area (Å²) < 4.78 is 11.4. The molecule has 2 heterocycles. The molecular weight excluding hydrogens is 330 g/mol. The summed E-state index contributed by atoms with van der Waals surface area (Å²) in [4.78, 5) is 27.2. The molecule has 0 radical (unpaired) electrons. The van der Waals surface area contributed by atoms with Gasteiger partial charge in [0.15, 0.2) is 0 Å². The number of rotatable bonds is 7. The average molecular weight is 355 g/mol. The van der Waals surface area contributed by atoms with E-state index in [1.54, 1.807) is 6.20 Å². The molecule has 4 atom stereocenters. The van der Waals surface area contributed by atoms with E-state index in [1.807, 2.05) is 6.92 Å². The highest BCUT2D eigenvalue weighted by atomic mass is 16.5. The Labute approximate surface area is 145 Å². The van der Waals surface area contributed by atoms with Gasteiger partial charge in [0, 0.05) is 24.6 Å². The molecular formula is C16H25N3O6. The number of carbonyl (C=O) groups is 1. The van der Waals surface area contributed by atoms with Gasteiger partial charge in [-0.1, -0.05) is 6.92 Å². The molecule has 140 valence electrons. The molecule has 1 fully saturated rings. The summed E-state index contributed by atoms with van der Waals surface area (Å²) in [5, 5.41) is 19.0. The topological polar surface area (TPSA) is 137 Å². The number of methoxy groups -OCH3 is 1. The van der Waals surface area contributed by atoms with E-state index < -0.39 is 24.1 Å². The lowest BCUT2D eigenvalue weighted by Crippen LogP contribution is -2.29. The van der Waals surface area contributed by atoms with Crippen molar-refractivity contribution in [1.29, 1.82) is 0 Å². The van der Waals surface area contributed by atoms with E-state index in [0.29, 0.717) is 24.8 Å². The fraction of sp³-hybridized carbons (Fsp3) is 0.688. The Morgan fingerprint density at radius 3 is 2.92 bits per heavy atom. The van der Waals surface area contributed by atoms with Crippen molar-refractivity contribution in [2.24, 2.45) is 5.92 Å². The third-order valence-corrected chi connectivity index (χ3v) is 4.39. The Morgan fingerprint density at radius 1 is 1.60 bits per heavy atom. The van der Waals surface area contributed by atoms with E-state index in [4.69, 9.17) is 15.6 Å². The van der Waals surface area contributed by atoms with E-state index >= 15 is 0 Å². The van der Waals surface area contributed by atoms with Gasteiger partial charge in [-0.15, -0.1) is 0 Å². The van der Waals surface area contributed by atoms with Gasteiger partial charge in [0.25, 0.3) is 0 Å². The molecule has 0 spiro atoms. The van der Waals surface area contributed by atoms with E-state index in [0.717, 1.165) is 0 Å². The zero-order valence-corrected chi connectivity index (χ0v) is 14.4. The van der Waals surface area contributed by atoms with Gasteiger partial charge in [0.1, 0.15) is 18.1 Å². The Balaban J connectivity index is 2.12. The monoisotopic (exact) mass is 355 g/mol. The number of aliphatic hydroxyl groups is 2. The lowest BCUT2D eigenvalue weighted by Gasteiger charge is -2.17. The van der Waals surface area contributed by atoms with E-state index in [1.165, 1.54) is 11.7 Å². The SMILES string of the molecule is COC(=O)CCC(C)Cc1cn([C@H]2C[C@H](O)[C@@H](CO)O2)c(=O)nc1N. The average Bonchev–Trinajstić information content (AvgIpc) is 2.95. The van der Waals surface area contributed by atoms with Crippen LogP contribution in [-0.2, 0) is 20.7 Å². The maximum atomic E-state index is 12.1. The van der Waals surface area contributed by atoms with Crippen LogP contribution in [0.2, 0.25) is 0 Å². The van der Waals surface area contributed by atoms with Crippen molar-refractivity contribution >= 4 is 11.8 Å². The van der Waals surface area contributed by atoms with E-state index in [-0.39, 0.29) is 30.7 Å². The number of carbonyl (C=O) groups excluding carboxylic acids is 1. The number of aromatic nitrogens is 2. The minimum Gasteiger partial charge on any atom is -0.469 e. The molecule has 0 aromatic carbocycles. The molecule has 1 aromatic heterocycles. The van der Waals surface area contributed by atoms with Gasteiger partial charge < -0.3 is 25.4 Å². The maximum absolute atomic E-state index is 12.1. The summed E-state index contributed by atoms with van der Waals surface area (Å²) in [6, 6.07) is 0. The number of hydrogen-bond acceptors (Lipinski definition) is 8. The first-order valence-corrected chi connectivity index (χ1v) is 8.24. The van der Waals surface area contributed by atoms with Gasteiger partial charge in [0.05, 0.1) is 19.8 Å². The molecule has 1 aliphatic heterocycles. The number of hydrogen-bond donors (Lipinski definition) is 3. The summed E-state index contributed by atoms with van der Waals surface area (Å²) in [5.74, 6) is 0.00385. The van der Waals surface area contributed by atoms with Gasteiger partial charge in [-0.25, -0.2) is 4.79 Å². The summed E-state index contributed by atoms with van der Waals surface area (Å²) in [6.45, 7) is 1.64. The number of ether oxygens (including phenoxy) is 2. The number of aliphatic hydroxyl groups excluding tert-OH is 2. The van der Waals surface area contributed by atoms with Crippen LogP contribution in [0.15, 0.2) is 11.0 Å². The molecule has 1 saturated heterocycles. The van der Waals surface area contributed by atoms with Crippen LogP contribution in [0.1, 0.15) is 38.0 Å². The minimum absolute atomic E-state index is 0.134. The number of nitrogens with two attached hydrogens (primary N) is 1. The van der Waals surface area contributed by atoms with Crippen LogP contribution in [0.3, 0.4) is 0 Å². The predicted octanol–water partition coefficient (Wildman–Crippen LogP) is -0.402. The van der Waals surface area contributed by atoms with Crippen molar-refractivity contribution in [3.8, 4) is 0 Å². The first kappa shape index (κ1) is 19.4. The number of nitrogens with zero attached hydrogens (tertiary/aromatic N) is 2. The third kappa shape index (κ3) is 4.77. The Hall–Kier alpha value is -1.97. The minimum atomic E-state index is -0.845. The normalized spacial score (nSPS) is 24.2. The number of nitrogen functional groups attached to an aromatic ring is 1. The van der Waals surface area contributed by atoms with Crippen LogP contribution in [0.4, 0.5) is 5.82 Å². The largest absolute Gasteiger partial charge is 0.469 e. The Bertz CT molecular complexity index is 662. The van der Waals surface area contributed by atoms with E-state index in [2.05, 4.69) is 9.72 Å². The van der Waals surface area contributed by atoms with Crippen LogP contribution in [0, 0.1) is 5.92 Å². The molecule has 0 aliphatic carbocycles. The molecule has 1 aliphatic rings. The third-order valence-electron chi connectivity index (χ3n) is 4.39. The molecule has 4 N–H and O–H groups in total. The van der Waals surface area contributed by atoms with Crippen molar-refractivity contribution in [3.63, 3.8) is 0 Å². The van der Waals surface area contributed by atoms with Gasteiger partial charge in [0.2, 0.25) is 0 Å².